The van der Waals surface area contributed by atoms with Crippen molar-refractivity contribution < 1.29 is 139 Å². The Balaban J connectivity index is 0.964. The van der Waals surface area contributed by atoms with Crippen molar-refractivity contribution in [2.45, 2.75) is 225 Å². The van der Waals surface area contributed by atoms with Gasteiger partial charge in [0.15, 0.2) is 31.3 Å². The van der Waals surface area contributed by atoms with E-state index in [2.05, 4.69) is 13.5 Å². The lowest BCUT2D eigenvalue weighted by molar-refractivity contribution is -0.398. The largest absolute Gasteiger partial charge is 0.432 e. The zero-order valence-corrected chi connectivity index (χ0v) is 43.2. The molecule has 0 radical (unpaired) electrons. The number of aliphatic hydroxyl groups excluding tert-OH is 17. The minimum Gasteiger partial charge on any atom is -0.432 e. The van der Waals surface area contributed by atoms with Gasteiger partial charge < -0.3 is 134 Å². The predicted octanol–water partition coefficient (Wildman–Crippen LogP) is -7.43. The van der Waals surface area contributed by atoms with Crippen LogP contribution in [0.3, 0.4) is 0 Å². The Morgan fingerprint density at radius 3 is 1.44 bits per heavy atom. The molecule has 448 valence electrons. The number of carbonyl (C=O) groups is 1. The van der Waals surface area contributed by atoms with E-state index in [1.807, 2.05) is 0 Å². The molecule has 5 aliphatic carbocycles. The van der Waals surface area contributed by atoms with Gasteiger partial charge in [-0.2, -0.15) is 0 Å². The number of fused-ring (bicyclic) bond motifs is 3. The van der Waals surface area contributed by atoms with Crippen LogP contribution in [0, 0.1) is 34.0 Å². The van der Waals surface area contributed by atoms with Gasteiger partial charge >= 0.3 is 5.97 Å². The SMILES string of the molecule is C=C1C[C@@]23CC[C@H]4[C@@](C)(CCC[C@@]4(C)C(=O)OC4OC(CO)C(O)C(O)C4OC4OC(CO)C(O)C(O)C4O)[C@@H]2CC1[C@H](OC1OC(CO)C(O)C(OC2OC(CO)C(O)C(O)C2O)C1OC1OC(CO)C(O)C(O)C1O)C3. The number of aliphatic hydroxyl groups is 17. The smallest absolute Gasteiger partial charge is 0.314 e. The van der Waals surface area contributed by atoms with Crippen LogP contribution in [0.2, 0.25) is 0 Å². The van der Waals surface area contributed by atoms with E-state index in [0.29, 0.717) is 51.4 Å². The molecule has 10 aliphatic rings. The summed E-state index contributed by atoms with van der Waals surface area (Å²) in [5, 5.41) is 181. The van der Waals surface area contributed by atoms with Crippen molar-refractivity contribution in [3.05, 3.63) is 12.2 Å². The minimum atomic E-state index is -1.98. The van der Waals surface area contributed by atoms with Crippen LogP contribution in [0.15, 0.2) is 12.2 Å². The third-order valence-corrected chi connectivity index (χ3v) is 19.1. The summed E-state index contributed by atoms with van der Waals surface area (Å²) in [6.45, 7) is 4.31. The Labute approximate surface area is 448 Å². The van der Waals surface area contributed by atoms with Gasteiger partial charge in [-0.05, 0) is 74.5 Å². The Kier molecular flexibility index (Phi) is 18.4. The van der Waals surface area contributed by atoms with E-state index in [1.54, 1.807) is 6.92 Å². The first-order chi connectivity index (χ1) is 36.9. The van der Waals surface area contributed by atoms with Crippen LogP contribution >= 0.6 is 0 Å². The molecule has 0 aromatic heterocycles. The summed E-state index contributed by atoms with van der Waals surface area (Å²) in [4.78, 5) is 14.9. The van der Waals surface area contributed by atoms with Gasteiger partial charge in [0.05, 0.1) is 44.6 Å². The normalized spacial score (nSPS) is 54.5. The average molecular weight is 1130 g/mol. The van der Waals surface area contributed by atoms with Gasteiger partial charge in [0.2, 0.25) is 6.29 Å². The molecule has 78 heavy (non-hydrogen) atoms. The summed E-state index contributed by atoms with van der Waals surface area (Å²) in [6, 6.07) is 0. The van der Waals surface area contributed by atoms with E-state index in [9.17, 15) is 91.6 Å². The van der Waals surface area contributed by atoms with Gasteiger partial charge in [0, 0.05) is 5.92 Å². The van der Waals surface area contributed by atoms with E-state index >= 15 is 0 Å². The maximum absolute atomic E-state index is 14.9. The third-order valence-electron chi connectivity index (χ3n) is 19.1. The molecular formula is C50H80O28. The summed E-state index contributed by atoms with van der Waals surface area (Å²) in [5.41, 5.74) is -1.40. The van der Waals surface area contributed by atoms with Gasteiger partial charge in [-0.15, -0.1) is 0 Å². The first-order valence-corrected chi connectivity index (χ1v) is 26.9. The molecule has 28 nitrogen and oxygen atoms in total. The van der Waals surface area contributed by atoms with Crippen molar-refractivity contribution in [1.82, 2.24) is 0 Å². The maximum Gasteiger partial charge on any atom is 0.314 e. The Bertz CT molecular complexity index is 2060. The molecular weight excluding hydrogens is 1050 g/mol. The quantitative estimate of drug-likeness (QED) is 0.0411. The van der Waals surface area contributed by atoms with Crippen molar-refractivity contribution in [2.24, 2.45) is 34.0 Å². The fraction of sp³-hybridized carbons (Fsp3) is 0.940. The summed E-state index contributed by atoms with van der Waals surface area (Å²) in [6.07, 6.45) is -40.6. The molecule has 1 spiro atoms. The van der Waals surface area contributed by atoms with Gasteiger partial charge in [0.25, 0.3) is 0 Å². The molecule has 5 saturated heterocycles. The fourth-order valence-electron chi connectivity index (χ4n) is 14.8. The van der Waals surface area contributed by atoms with Crippen molar-refractivity contribution in [3.8, 4) is 0 Å². The first-order valence-electron chi connectivity index (χ1n) is 26.9. The number of carbonyl (C=O) groups excluding carboxylic acids is 1. The molecule has 0 aromatic rings. The molecule has 28 heteroatoms. The molecule has 10 rings (SSSR count). The number of esters is 1. The Morgan fingerprint density at radius 1 is 0.500 bits per heavy atom. The minimum absolute atomic E-state index is 0.0572. The highest BCUT2D eigenvalue weighted by molar-refractivity contribution is 5.77. The van der Waals surface area contributed by atoms with Crippen LogP contribution in [0.25, 0.3) is 0 Å². The van der Waals surface area contributed by atoms with E-state index in [1.165, 1.54) is 0 Å². The van der Waals surface area contributed by atoms with E-state index in [0.717, 1.165) is 5.57 Å². The zero-order valence-electron chi connectivity index (χ0n) is 43.2. The van der Waals surface area contributed by atoms with Crippen molar-refractivity contribution >= 4 is 5.97 Å². The van der Waals surface area contributed by atoms with Crippen molar-refractivity contribution in [1.29, 1.82) is 0 Å². The van der Waals surface area contributed by atoms with Gasteiger partial charge in [-0.3, -0.25) is 4.79 Å². The molecule has 5 aliphatic heterocycles. The number of hydrogen-bond donors (Lipinski definition) is 17. The first kappa shape index (κ1) is 60.8. The summed E-state index contributed by atoms with van der Waals surface area (Å²) >= 11 is 0. The second-order valence-corrected chi connectivity index (χ2v) is 23.6. The average Bonchev–Trinajstić information content (AvgIpc) is 3.61. The highest BCUT2D eigenvalue weighted by Crippen LogP contribution is 2.72. The van der Waals surface area contributed by atoms with Crippen LogP contribution in [0.1, 0.15) is 65.2 Å². The highest BCUT2D eigenvalue weighted by Gasteiger charge is 2.68. The van der Waals surface area contributed by atoms with Gasteiger partial charge in [-0.25, -0.2) is 0 Å². The lowest BCUT2D eigenvalue weighted by Crippen LogP contribution is -2.68. The van der Waals surface area contributed by atoms with Crippen LogP contribution in [-0.4, -0.2) is 285 Å². The molecule has 17 N–H and O–H groups in total. The van der Waals surface area contributed by atoms with Crippen LogP contribution in [0.4, 0.5) is 0 Å². The standard InChI is InChI=1S/C50H80O28/c1-17-10-50-8-5-25-48(2,6-4-7-49(25,3)47(68)78-45-40(35(64)30(59)23(15-54)73-45)76-43-37(66)33(62)28(57)21(13-52)71-43)26(50)9-18(17)19(11-50)69-46-41(77-44-38(67)34(63)29(58)22(14-53)72-44)39(31(60)24(16-55)74-46)75-42-36(65)32(61)27(56)20(12-51)70-42/h18-46,51-67H,1,4-16H2,2-3H3/t18?,19-,20?,21?,22?,23?,24?,25+,26+,27?,28?,29?,30?,31?,32?,33?,34?,35?,36?,37?,38?,39?,40?,41?,42?,43?,44?,45?,46?,48-,49-,50-/m1/s1. The van der Waals surface area contributed by atoms with Crippen LogP contribution in [0.5, 0.6) is 0 Å². The van der Waals surface area contributed by atoms with Crippen LogP contribution < -0.4 is 0 Å². The molecule has 5 saturated carbocycles. The second-order valence-electron chi connectivity index (χ2n) is 23.6. The van der Waals surface area contributed by atoms with Crippen LogP contribution in [-0.2, 0) is 52.2 Å². The predicted molar refractivity (Wildman–Crippen MR) is 252 cm³/mol. The monoisotopic (exact) mass is 1130 g/mol. The molecule has 26 unspecified atom stereocenters. The third kappa shape index (κ3) is 10.5. The highest BCUT2D eigenvalue weighted by atomic mass is 16.8. The number of hydrogen-bond acceptors (Lipinski definition) is 28. The summed E-state index contributed by atoms with van der Waals surface area (Å²) in [5.74, 6) is -1.52. The van der Waals surface area contributed by atoms with Crippen molar-refractivity contribution in [3.63, 3.8) is 0 Å². The number of ether oxygens (including phenoxy) is 10. The van der Waals surface area contributed by atoms with Gasteiger partial charge in [0.1, 0.15) is 116 Å². The maximum atomic E-state index is 14.9. The lowest BCUT2D eigenvalue weighted by Gasteiger charge is -2.69. The molecule has 2 bridgehead atoms. The van der Waals surface area contributed by atoms with Crippen molar-refractivity contribution in [2.75, 3.05) is 33.0 Å². The molecule has 32 atom stereocenters. The number of rotatable bonds is 15. The Morgan fingerprint density at radius 2 is 0.936 bits per heavy atom. The Hall–Kier alpha value is -1.83. The molecule has 0 amide bonds. The van der Waals surface area contributed by atoms with E-state index in [-0.39, 0.29) is 11.8 Å². The van der Waals surface area contributed by atoms with E-state index < -0.39 is 221 Å². The summed E-state index contributed by atoms with van der Waals surface area (Å²) < 4.78 is 60.0. The molecule has 5 heterocycles. The molecule has 10 fully saturated rings. The molecule has 0 aromatic carbocycles. The van der Waals surface area contributed by atoms with Gasteiger partial charge in [-0.1, -0.05) is 25.5 Å². The second kappa shape index (κ2) is 23.7. The lowest BCUT2D eigenvalue weighted by atomic mass is 9.36. The van der Waals surface area contributed by atoms with E-state index in [4.69, 9.17) is 47.4 Å². The summed E-state index contributed by atoms with van der Waals surface area (Å²) in [7, 11) is 0. The zero-order chi connectivity index (χ0) is 56.7. The fourth-order valence-corrected chi connectivity index (χ4v) is 14.8. The topological polar surface area (TPSA) is 453 Å².